The Balaban J connectivity index is 2.25. The van der Waals surface area contributed by atoms with Gasteiger partial charge in [0.1, 0.15) is 0 Å². The van der Waals surface area contributed by atoms with Crippen molar-refractivity contribution in [3.8, 4) is 5.75 Å². The molecule has 0 bridgehead atoms. The lowest BCUT2D eigenvalue weighted by molar-refractivity contribution is 0.0210. The molecule has 0 amide bonds. The average molecular weight is 293 g/mol. The number of rotatable bonds is 3. The quantitative estimate of drug-likeness (QED) is 0.929. The number of anilines is 1. The highest BCUT2D eigenvalue weighted by Gasteiger charge is 2.20. The predicted octanol–water partition coefficient (Wildman–Crippen LogP) is 2.92. The van der Waals surface area contributed by atoms with E-state index in [1.807, 2.05) is 12.1 Å². The van der Waals surface area contributed by atoms with Crippen molar-refractivity contribution in [3.05, 3.63) is 21.6 Å². The minimum Gasteiger partial charge on any atom is -0.493 e. The molecule has 0 aliphatic carbocycles. The molecule has 0 aromatic heterocycles. The van der Waals surface area contributed by atoms with E-state index in [1.165, 1.54) is 0 Å². The van der Waals surface area contributed by atoms with E-state index in [0.717, 1.165) is 29.1 Å². The highest BCUT2D eigenvalue weighted by molar-refractivity contribution is 9.10. The van der Waals surface area contributed by atoms with Crippen LogP contribution in [0, 0.1) is 0 Å². The Morgan fingerprint density at radius 2 is 2.27 bits per heavy atom. The van der Waals surface area contributed by atoms with Crippen LogP contribution in [0.3, 0.4) is 0 Å². The molecule has 1 aliphatic rings. The first kappa shape index (κ1) is 11.0. The number of methoxy groups -OCH3 is 1. The molecule has 1 aliphatic heterocycles. The summed E-state index contributed by atoms with van der Waals surface area (Å²) in [6.07, 6.45) is 0. The molecule has 1 aromatic carbocycles. The standard InChI is InChI=1S/C10H11BrClNO2/c1-14-10-8(11)2-6(12)3-9(10)13-7-4-15-5-7/h2-3,7,13H,4-5H2,1H3. The molecule has 0 spiro atoms. The third kappa shape index (κ3) is 2.38. The summed E-state index contributed by atoms with van der Waals surface area (Å²) in [5, 5.41) is 3.99. The second-order valence-corrected chi connectivity index (χ2v) is 4.64. The third-order valence-electron chi connectivity index (χ3n) is 2.21. The van der Waals surface area contributed by atoms with Gasteiger partial charge in [-0.3, -0.25) is 0 Å². The molecule has 1 N–H and O–H groups in total. The predicted molar refractivity (Wildman–Crippen MR) is 63.9 cm³/mol. The first-order chi connectivity index (χ1) is 7.20. The lowest BCUT2D eigenvalue weighted by atomic mass is 10.2. The van der Waals surface area contributed by atoms with Crippen LogP contribution in [0.2, 0.25) is 5.02 Å². The Bertz CT molecular complexity index is 369. The van der Waals surface area contributed by atoms with E-state index >= 15 is 0 Å². The van der Waals surface area contributed by atoms with Crippen molar-refractivity contribution in [2.75, 3.05) is 25.6 Å². The summed E-state index contributed by atoms with van der Waals surface area (Å²) in [5.41, 5.74) is 0.894. The summed E-state index contributed by atoms with van der Waals surface area (Å²) >= 11 is 9.37. The minimum absolute atomic E-state index is 0.351. The highest BCUT2D eigenvalue weighted by Crippen LogP contribution is 2.36. The first-order valence-electron chi connectivity index (χ1n) is 4.58. The van der Waals surface area contributed by atoms with Crippen molar-refractivity contribution >= 4 is 33.2 Å². The number of benzene rings is 1. The SMILES string of the molecule is COc1c(Br)cc(Cl)cc1NC1COC1. The van der Waals surface area contributed by atoms with Gasteiger partial charge < -0.3 is 14.8 Å². The Kier molecular flexibility index (Phi) is 3.38. The molecular formula is C10H11BrClNO2. The molecule has 0 radical (unpaired) electrons. The van der Waals surface area contributed by atoms with Gasteiger partial charge in [-0.25, -0.2) is 0 Å². The molecule has 1 saturated heterocycles. The third-order valence-corrected chi connectivity index (χ3v) is 3.02. The molecule has 0 atom stereocenters. The van der Waals surface area contributed by atoms with Gasteiger partial charge in [0.15, 0.2) is 5.75 Å². The van der Waals surface area contributed by atoms with Gasteiger partial charge in [0.25, 0.3) is 0 Å². The maximum absolute atomic E-state index is 5.97. The molecule has 1 fully saturated rings. The van der Waals surface area contributed by atoms with Gasteiger partial charge >= 0.3 is 0 Å². The topological polar surface area (TPSA) is 30.5 Å². The van der Waals surface area contributed by atoms with Crippen molar-refractivity contribution in [3.63, 3.8) is 0 Å². The van der Waals surface area contributed by atoms with Crippen LogP contribution in [-0.4, -0.2) is 26.4 Å². The van der Waals surface area contributed by atoms with Crippen LogP contribution in [0.15, 0.2) is 16.6 Å². The maximum atomic E-state index is 5.97. The molecule has 1 aromatic rings. The summed E-state index contributed by atoms with van der Waals surface area (Å²) in [7, 11) is 1.64. The lowest BCUT2D eigenvalue weighted by Crippen LogP contribution is -2.40. The van der Waals surface area contributed by atoms with Crippen LogP contribution in [0.25, 0.3) is 0 Å². The Hall–Kier alpha value is -0.450. The van der Waals surface area contributed by atoms with Crippen LogP contribution < -0.4 is 10.1 Å². The number of hydrogen-bond acceptors (Lipinski definition) is 3. The number of nitrogens with one attached hydrogen (secondary N) is 1. The monoisotopic (exact) mass is 291 g/mol. The number of hydrogen-bond donors (Lipinski definition) is 1. The van der Waals surface area contributed by atoms with Gasteiger partial charge in [-0.05, 0) is 28.1 Å². The fourth-order valence-electron chi connectivity index (χ4n) is 1.41. The normalized spacial score (nSPS) is 15.9. The van der Waals surface area contributed by atoms with E-state index in [4.69, 9.17) is 21.1 Å². The van der Waals surface area contributed by atoms with Gasteiger partial charge in [-0.1, -0.05) is 11.6 Å². The highest BCUT2D eigenvalue weighted by atomic mass is 79.9. The zero-order valence-corrected chi connectivity index (χ0v) is 10.6. The maximum Gasteiger partial charge on any atom is 0.156 e. The summed E-state index contributed by atoms with van der Waals surface area (Å²) in [6.45, 7) is 1.46. The average Bonchev–Trinajstić information content (AvgIpc) is 2.10. The zero-order chi connectivity index (χ0) is 10.8. The van der Waals surface area contributed by atoms with Crippen LogP contribution in [0.5, 0.6) is 5.75 Å². The summed E-state index contributed by atoms with van der Waals surface area (Å²) in [4.78, 5) is 0. The molecule has 15 heavy (non-hydrogen) atoms. The second kappa shape index (κ2) is 4.60. The van der Waals surface area contributed by atoms with E-state index in [2.05, 4.69) is 21.2 Å². The lowest BCUT2D eigenvalue weighted by Gasteiger charge is -2.28. The van der Waals surface area contributed by atoms with Gasteiger partial charge in [-0.2, -0.15) is 0 Å². The van der Waals surface area contributed by atoms with Gasteiger partial charge in [0, 0.05) is 5.02 Å². The van der Waals surface area contributed by atoms with Gasteiger partial charge in [-0.15, -0.1) is 0 Å². The van der Waals surface area contributed by atoms with Crippen LogP contribution in [0.4, 0.5) is 5.69 Å². The van der Waals surface area contributed by atoms with E-state index < -0.39 is 0 Å². The van der Waals surface area contributed by atoms with Crippen molar-refractivity contribution in [1.82, 2.24) is 0 Å². The molecule has 0 saturated carbocycles. The van der Waals surface area contributed by atoms with Crippen LogP contribution in [0.1, 0.15) is 0 Å². The summed E-state index contributed by atoms with van der Waals surface area (Å²) in [6, 6.07) is 4.01. The molecular weight excluding hydrogens is 281 g/mol. The molecule has 82 valence electrons. The smallest absolute Gasteiger partial charge is 0.156 e. The van der Waals surface area contributed by atoms with Gasteiger partial charge in [0.2, 0.25) is 0 Å². The van der Waals surface area contributed by atoms with Gasteiger partial charge in [0.05, 0.1) is 36.5 Å². The number of halogens is 2. The van der Waals surface area contributed by atoms with E-state index in [-0.39, 0.29) is 0 Å². The van der Waals surface area contributed by atoms with Crippen LogP contribution >= 0.6 is 27.5 Å². The van der Waals surface area contributed by atoms with E-state index in [9.17, 15) is 0 Å². The summed E-state index contributed by atoms with van der Waals surface area (Å²) in [5.74, 6) is 0.770. The minimum atomic E-state index is 0.351. The van der Waals surface area contributed by atoms with Crippen molar-refractivity contribution < 1.29 is 9.47 Å². The number of ether oxygens (including phenoxy) is 2. The van der Waals surface area contributed by atoms with E-state index in [0.29, 0.717) is 11.1 Å². The van der Waals surface area contributed by atoms with Crippen LogP contribution in [-0.2, 0) is 4.74 Å². The van der Waals surface area contributed by atoms with Crippen molar-refractivity contribution in [1.29, 1.82) is 0 Å². The molecule has 5 heteroatoms. The molecule has 2 rings (SSSR count). The fourth-order valence-corrected chi connectivity index (χ4v) is 2.39. The summed E-state index contributed by atoms with van der Waals surface area (Å²) < 4.78 is 11.2. The first-order valence-corrected chi connectivity index (χ1v) is 5.75. The van der Waals surface area contributed by atoms with E-state index in [1.54, 1.807) is 7.11 Å². The largest absolute Gasteiger partial charge is 0.493 e. The molecule has 0 unspecified atom stereocenters. The van der Waals surface area contributed by atoms with Crippen molar-refractivity contribution in [2.45, 2.75) is 6.04 Å². The Morgan fingerprint density at radius 1 is 1.53 bits per heavy atom. The Morgan fingerprint density at radius 3 is 2.80 bits per heavy atom. The Labute approximate surface area is 102 Å². The zero-order valence-electron chi connectivity index (χ0n) is 8.22. The fraction of sp³-hybridized carbons (Fsp3) is 0.400. The molecule has 1 heterocycles. The van der Waals surface area contributed by atoms with Crippen molar-refractivity contribution in [2.24, 2.45) is 0 Å². The molecule has 3 nitrogen and oxygen atoms in total. The second-order valence-electron chi connectivity index (χ2n) is 3.35.